The Bertz CT molecular complexity index is 516. The lowest BCUT2D eigenvalue weighted by molar-refractivity contribution is -0.117. The highest BCUT2D eigenvalue weighted by atomic mass is 19.1. The van der Waals surface area contributed by atoms with E-state index in [-0.39, 0.29) is 18.3 Å². The molecule has 4 heteroatoms. The molecule has 3 nitrogen and oxygen atoms in total. The van der Waals surface area contributed by atoms with Gasteiger partial charge in [-0.2, -0.15) is 0 Å². The van der Waals surface area contributed by atoms with Gasteiger partial charge >= 0.3 is 0 Å². The van der Waals surface area contributed by atoms with Crippen LogP contribution in [-0.4, -0.2) is 24.2 Å². The number of carbonyl (C=O) groups excluding carboxylic acids is 1. The smallest absolute Gasteiger partial charge is 0.227 e. The Morgan fingerprint density at radius 1 is 1.44 bits per heavy atom. The van der Waals surface area contributed by atoms with Crippen molar-refractivity contribution in [2.75, 3.05) is 18.1 Å². The van der Waals surface area contributed by atoms with Crippen LogP contribution in [0.5, 0.6) is 0 Å². The van der Waals surface area contributed by atoms with Gasteiger partial charge in [-0.3, -0.25) is 4.79 Å². The van der Waals surface area contributed by atoms with Gasteiger partial charge in [0.05, 0.1) is 17.9 Å². The van der Waals surface area contributed by atoms with Crippen LogP contribution in [0.25, 0.3) is 0 Å². The minimum Gasteiger partial charge on any atom is -0.395 e. The van der Waals surface area contributed by atoms with Crippen molar-refractivity contribution >= 4 is 11.6 Å². The second-order valence-corrected chi connectivity index (χ2v) is 4.09. The molecule has 1 fully saturated rings. The molecule has 18 heavy (non-hydrogen) atoms. The first-order chi connectivity index (χ1) is 8.72. The highest BCUT2D eigenvalue weighted by Crippen LogP contribution is 2.25. The Morgan fingerprint density at radius 2 is 2.28 bits per heavy atom. The summed E-state index contributed by atoms with van der Waals surface area (Å²) >= 11 is 0. The van der Waals surface area contributed by atoms with E-state index in [4.69, 9.17) is 5.11 Å². The molecule has 1 heterocycles. The molecular formula is C14H14FNO2. The Hall–Kier alpha value is -1.86. The zero-order valence-corrected chi connectivity index (χ0v) is 9.95. The first-order valence-electron chi connectivity index (χ1n) is 5.92. The average Bonchev–Trinajstić information content (AvgIpc) is 2.76. The number of amides is 1. The molecule has 0 bridgehead atoms. The summed E-state index contributed by atoms with van der Waals surface area (Å²) in [5.74, 6) is 5.23. The van der Waals surface area contributed by atoms with Gasteiger partial charge in [0, 0.05) is 19.4 Å². The molecule has 0 aromatic heterocycles. The molecule has 0 unspecified atom stereocenters. The number of aliphatic hydroxyl groups is 1. The minimum absolute atomic E-state index is 0.0275. The third kappa shape index (κ3) is 2.69. The van der Waals surface area contributed by atoms with Gasteiger partial charge in [0.25, 0.3) is 0 Å². The molecule has 1 aliphatic heterocycles. The maximum atomic E-state index is 13.2. The molecular weight excluding hydrogens is 233 g/mol. The van der Waals surface area contributed by atoms with E-state index in [9.17, 15) is 9.18 Å². The summed E-state index contributed by atoms with van der Waals surface area (Å²) in [5, 5.41) is 8.68. The number of hydrogen-bond acceptors (Lipinski definition) is 2. The van der Waals surface area contributed by atoms with Crippen molar-refractivity contribution in [2.24, 2.45) is 0 Å². The number of aliphatic hydroxyl groups excluding tert-OH is 1. The number of halogens is 1. The second-order valence-electron chi connectivity index (χ2n) is 4.09. The van der Waals surface area contributed by atoms with Crippen molar-refractivity contribution in [2.45, 2.75) is 19.3 Å². The highest BCUT2D eigenvalue weighted by molar-refractivity contribution is 5.96. The van der Waals surface area contributed by atoms with Gasteiger partial charge in [0.1, 0.15) is 5.82 Å². The molecule has 94 valence electrons. The minimum atomic E-state index is -0.376. The Kier molecular flexibility index (Phi) is 3.96. The summed E-state index contributed by atoms with van der Waals surface area (Å²) in [4.78, 5) is 13.3. The van der Waals surface area contributed by atoms with E-state index in [0.717, 1.165) is 6.42 Å². The highest BCUT2D eigenvalue weighted by Gasteiger charge is 2.23. The van der Waals surface area contributed by atoms with Crippen LogP contribution in [-0.2, 0) is 4.79 Å². The van der Waals surface area contributed by atoms with Crippen LogP contribution in [0.4, 0.5) is 10.1 Å². The van der Waals surface area contributed by atoms with E-state index in [1.165, 1.54) is 12.1 Å². The third-order valence-corrected chi connectivity index (χ3v) is 2.78. The fourth-order valence-electron chi connectivity index (χ4n) is 1.96. The van der Waals surface area contributed by atoms with Crippen molar-refractivity contribution in [3.8, 4) is 11.8 Å². The number of nitrogens with zero attached hydrogens (tertiary/aromatic N) is 1. The maximum Gasteiger partial charge on any atom is 0.227 e. The second kappa shape index (κ2) is 5.65. The summed E-state index contributed by atoms with van der Waals surface area (Å²) < 4.78 is 13.2. The molecule has 0 aliphatic carbocycles. The van der Waals surface area contributed by atoms with Crippen LogP contribution in [0.1, 0.15) is 24.8 Å². The molecule has 1 amide bonds. The summed E-state index contributed by atoms with van der Waals surface area (Å²) in [6.45, 7) is 0.624. The Balaban J connectivity index is 2.35. The molecule has 0 radical (unpaired) electrons. The summed E-state index contributed by atoms with van der Waals surface area (Å²) in [6, 6.07) is 4.24. The summed E-state index contributed by atoms with van der Waals surface area (Å²) in [7, 11) is 0. The van der Waals surface area contributed by atoms with E-state index in [0.29, 0.717) is 30.6 Å². The van der Waals surface area contributed by atoms with Gasteiger partial charge in [0.15, 0.2) is 0 Å². The fourth-order valence-corrected chi connectivity index (χ4v) is 1.96. The molecule has 0 saturated carbocycles. The topological polar surface area (TPSA) is 40.5 Å². The maximum absolute atomic E-state index is 13.2. The van der Waals surface area contributed by atoms with Crippen molar-refractivity contribution in [1.29, 1.82) is 0 Å². The van der Waals surface area contributed by atoms with Crippen LogP contribution >= 0.6 is 0 Å². The molecule has 2 rings (SSSR count). The van der Waals surface area contributed by atoms with Gasteiger partial charge in [-0.15, -0.1) is 0 Å². The third-order valence-electron chi connectivity index (χ3n) is 2.78. The number of rotatable bonds is 2. The first-order valence-corrected chi connectivity index (χ1v) is 5.92. The zero-order chi connectivity index (χ0) is 13.0. The average molecular weight is 247 g/mol. The van der Waals surface area contributed by atoms with Gasteiger partial charge in [0.2, 0.25) is 5.91 Å². The van der Waals surface area contributed by atoms with E-state index in [2.05, 4.69) is 11.8 Å². The predicted molar refractivity (Wildman–Crippen MR) is 66.6 cm³/mol. The molecule has 1 saturated heterocycles. The number of carbonyl (C=O) groups is 1. The predicted octanol–water partition coefficient (Wildman–Crippen LogP) is 1.69. The van der Waals surface area contributed by atoms with Gasteiger partial charge in [-0.1, -0.05) is 11.8 Å². The monoisotopic (exact) mass is 247 g/mol. The normalized spacial score (nSPS) is 14.6. The zero-order valence-electron chi connectivity index (χ0n) is 9.95. The molecule has 1 aromatic carbocycles. The van der Waals surface area contributed by atoms with Crippen LogP contribution in [0.2, 0.25) is 0 Å². The number of anilines is 1. The fraction of sp³-hybridized carbons (Fsp3) is 0.357. The lowest BCUT2D eigenvalue weighted by atomic mass is 10.1. The van der Waals surface area contributed by atoms with Gasteiger partial charge < -0.3 is 10.0 Å². The lowest BCUT2D eigenvalue weighted by Gasteiger charge is -2.17. The van der Waals surface area contributed by atoms with Gasteiger partial charge in [-0.25, -0.2) is 4.39 Å². The number of hydrogen-bond donors (Lipinski definition) is 1. The quantitative estimate of drug-likeness (QED) is 0.808. The molecule has 0 spiro atoms. The summed E-state index contributed by atoms with van der Waals surface area (Å²) in [5.41, 5.74) is 1.16. The summed E-state index contributed by atoms with van der Waals surface area (Å²) in [6.07, 6.45) is 1.69. The van der Waals surface area contributed by atoms with E-state index >= 15 is 0 Å². The van der Waals surface area contributed by atoms with Crippen molar-refractivity contribution in [3.05, 3.63) is 29.6 Å². The Labute approximate surface area is 105 Å². The molecule has 0 atom stereocenters. The van der Waals surface area contributed by atoms with Crippen molar-refractivity contribution in [1.82, 2.24) is 0 Å². The van der Waals surface area contributed by atoms with Crippen molar-refractivity contribution in [3.63, 3.8) is 0 Å². The van der Waals surface area contributed by atoms with Crippen LogP contribution in [0.3, 0.4) is 0 Å². The SMILES string of the molecule is O=C1CCCN1c1ccc(F)cc1C#CCCO. The number of benzene rings is 1. The largest absolute Gasteiger partial charge is 0.395 e. The van der Waals surface area contributed by atoms with E-state index in [1.807, 2.05) is 0 Å². The standard InChI is InChI=1S/C14H14FNO2/c15-12-6-7-13(16-8-3-5-14(16)18)11(10-12)4-1-2-9-17/h6-7,10,17H,2-3,5,8-9H2. The van der Waals surface area contributed by atoms with Crippen molar-refractivity contribution < 1.29 is 14.3 Å². The lowest BCUT2D eigenvalue weighted by Crippen LogP contribution is -2.24. The molecule has 1 aliphatic rings. The first kappa shape index (κ1) is 12.6. The Morgan fingerprint density at radius 3 is 2.94 bits per heavy atom. The molecule has 1 aromatic rings. The van der Waals surface area contributed by atoms with E-state index < -0.39 is 0 Å². The van der Waals surface area contributed by atoms with Gasteiger partial charge in [-0.05, 0) is 24.6 Å². The van der Waals surface area contributed by atoms with Crippen LogP contribution < -0.4 is 4.90 Å². The van der Waals surface area contributed by atoms with E-state index in [1.54, 1.807) is 11.0 Å². The molecule has 1 N–H and O–H groups in total. The van der Waals surface area contributed by atoms with Crippen LogP contribution in [0, 0.1) is 17.7 Å². The van der Waals surface area contributed by atoms with Crippen LogP contribution in [0.15, 0.2) is 18.2 Å².